The lowest BCUT2D eigenvalue weighted by Crippen LogP contribution is -2.45. The molecule has 1 aliphatic heterocycles. The van der Waals surface area contributed by atoms with Crippen LogP contribution in [0.25, 0.3) is 0 Å². The molecule has 2 rings (SSSR count). The minimum Gasteiger partial charge on any atom is -0.337 e. The first-order valence-electron chi connectivity index (χ1n) is 7.94. The third kappa shape index (κ3) is 3.10. The van der Waals surface area contributed by atoms with Gasteiger partial charge < -0.3 is 4.90 Å². The van der Waals surface area contributed by atoms with Crippen molar-refractivity contribution < 1.29 is 4.79 Å². The maximum atomic E-state index is 12.9. The summed E-state index contributed by atoms with van der Waals surface area (Å²) in [5, 5.41) is 9.64. The maximum absolute atomic E-state index is 12.9. The molecule has 0 saturated carbocycles. The van der Waals surface area contributed by atoms with Crippen molar-refractivity contribution >= 4 is 5.91 Å². The van der Waals surface area contributed by atoms with Crippen LogP contribution in [0.5, 0.6) is 0 Å². The van der Waals surface area contributed by atoms with Crippen LogP contribution >= 0.6 is 0 Å². The van der Waals surface area contributed by atoms with Crippen molar-refractivity contribution in [1.82, 2.24) is 4.90 Å². The minimum atomic E-state index is -0.824. The van der Waals surface area contributed by atoms with Gasteiger partial charge in [-0.2, -0.15) is 5.26 Å². The first kappa shape index (κ1) is 15.6. The number of amides is 1. The van der Waals surface area contributed by atoms with E-state index in [0.29, 0.717) is 19.4 Å². The van der Waals surface area contributed by atoms with Gasteiger partial charge in [-0.05, 0) is 30.4 Å². The van der Waals surface area contributed by atoms with E-state index in [2.05, 4.69) is 18.2 Å². The molecule has 1 aromatic rings. The fourth-order valence-corrected chi connectivity index (χ4v) is 3.32. The second-order valence-electron chi connectivity index (χ2n) is 5.94. The van der Waals surface area contributed by atoms with Gasteiger partial charge in [-0.3, -0.25) is 4.79 Å². The van der Waals surface area contributed by atoms with Crippen LogP contribution in [-0.4, -0.2) is 17.4 Å². The van der Waals surface area contributed by atoms with Crippen LogP contribution in [0, 0.1) is 16.7 Å². The molecule has 112 valence electrons. The zero-order valence-corrected chi connectivity index (χ0v) is 13.1. The average molecular weight is 284 g/mol. The van der Waals surface area contributed by atoms with E-state index in [-0.39, 0.29) is 5.91 Å². The third-order valence-electron chi connectivity index (χ3n) is 4.39. The number of nitrogens with zero attached hydrogens (tertiary/aromatic N) is 2. The molecule has 0 bridgehead atoms. The Labute approximate surface area is 127 Å². The normalized spacial score (nSPS) is 14.4. The number of hydrogen-bond donors (Lipinski definition) is 0. The molecule has 1 aromatic carbocycles. The lowest BCUT2D eigenvalue weighted by atomic mass is 9.78. The highest BCUT2D eigenvalue weighted by atomic mass is 16.2. The molecule has 1 amide bonds. The highest BCUT2D eigenvalue weighted by molar-refractivity contribution is 5.85. The molecule has 0 unspecified atom stereocenters. The summed E-state index contributed by atoms with van der Waals surface area (Å²) in [5.74, 6) is 0.0307. The molecule has 1 heterocycles. The number of nitriles is 1. The monoisotopic (exact) mass is 284 g/mol. The Hall–Kier alpha value is -1.82. The van der Waals surface area contributed by atoms with E-state index in [4.69, 9.17) is 0 Å². The minimum absolute atomic E-state index is 0.0307. The molecule has 3 heteroatoms. The van der Waals surface area contributed by atoms with E-state index in [0.717, 1.165) is 25.8 Å². The van der Waals surface area contributed by atoms with Gasteiger partial charge in [0.1, 0.15) is 5.41 Å². The first-order valence-corrected chi connectivity index (χ1v) is 7.94. The van der Waals surface area contributed by atoms with Crippen LogP contribution < -0.4 is 0 Å². The Morgan fingerprint density at radius 3 is 2.43 bits per heavy atom. The smallest absolute Gasteiger partial charge is 0.243 e. The number of fused-ring (bicyclic) bond motifs is 1. The second kappa shape index (κ2) is 6.76. The summed E-state index contributed by atoms with van der Waals surface area (Å²) in [6, 6.07) is 10.6. The van der Waals surface area contributed by atoms with Gasteiger partial charge in [-0.15, -0.1) is 0 Å². The molecular weight excluding hydrogens is 260 g/mol. The second-order valence-corrected chi connectivity index (χ2v) is 5.94. The number of rotatable bonds is 5. The van der Waals surface area contributed by atoms with Crippen LogP contribution in [0.1, 0.15) is 50.7 Å². The molecule has 0 saturated heterocycles. The molecule has 0 spiro atoms. The van der Waals surface area contributed by atoms with Gasteiger partial charge in [0.05, 0.1) is 6.07 Å². The largest absolute Gasteiger partial charge is 0.337 e. The van der Waals surface area contributed by atoms with Gasteiger partial charge in [0, 0.05) is 13.1 Å². The molecule has 21 heavy (non-hydrogen) atoms. The van der Waals surface area contributed by atoms with Gasteiger partial charge in [-0.1, -0.05) is 51.0 Å². The van der Waals surface area contributed by atoms with Crippen molar-refractivity contribution in [3.63, 3.8) is 0 Å². The fraction of sp³-hybridized carbons (Fsp3) is 0.556. The summed E-state index contributed by atoms with van der Waals surface area (Å²) in [5.41, 5.74) is 1.72. The number of carbonyl (C=O) groups excluding carboxylic acids is 1. The zero-order valence-electron chi connectivity index (χ0n) is 13.1. The van der Waals surface area contributed by atoms with Crippen molar-refractivity contribution in [2.75, 3.05) is 6.54 Å². The quantitative estimate of drug-likeness (QED) is 0.828. The average Bonchev–Trinajstić information content (AvgIpc) is 2.53. The van der Waals surface area contributed by atoms with Crippen molar-refractivity contribution in [1.29, 1.82) is 5.26 Å². The molecule has 3 nitrogen and oxygen atoms in total. The Balaban J connectivity index is 2.21. The van der Waals surface area contributed by atoms with Crippen LogP contribution in [-0.2, 0) is 17.8 Å². The standard InChI is InChI=1S/C18H24N2O/c1-3-10-18(14-19,11-4-2)17(21)20-12-9-15-7-5-6-8-16(15)13-20/h5-8H,3-4,9-13H2,1-2H3. The van der Waals surface area contributed by atoms with Crippen molar-refractivity contribution in [2.24, 2.45) is 5.41 Å². The summed E-state index contributed by atoms with van der Waals surface area (Å²) in [7, 11) is 0. The SMILES string of the molecule is CCCC(C#N)(CCC)C(=O)N1CCc2ccccc2C1. The van der Waals surface area contributed by atoms with Crippen molar-refractivity contribution in [3.05, 3.63) is 35.4 Å². The summed E-state index contributed by atoms with van der Waals surface area (Å²) in [6.45, 7) is 5.46. The van der Waals surface area contributed by atoms with E-state index >= 15 is 0 Å². The topological polar surface area (TPSA) is 44.1 Å². The van der Waals surface area contributed by atoms with Gasteiger partial charge in [-0.25, -0.2) is 0 Å². The molecule has 0 atom stereocenters. The van der Waals surface area contributed by atoms with Crippen molar-refractivity contribution in [3.8, 4) is 6.07 Å². The number of carbonyl (C=O) groups is 1. The highest BCUT2D eigenvalue weighted by Crippen LogP contribution is 2.33. The lowest BCUT2D eigenvalue weighted by Gasteiger charge is -2.35. The third-order valence-corrected chi connectivity index (χ3v) is 4.39. The van der Waals surface area contributed by atoms with E-state index in [1.165, 1.54) is 11.1 Å². The highest BCUT2D eigenvalue weighted by Gasteiger charge is 2.40. The molecule has 0 aliphatic carbocycles. The van der Waals surface area contributed by atoms with Gasteiger partial charge in [0.15, 0.2) is 0 Å². The van der Waals surface area contributed by atoms with E-state index in [1.54, 1.807) is 0 Å². The summed E-state index contributed by atoms with van der Waals surface area (Å²) in [4.78, 5) is 14.8. The predicted molar refractivity (Wildman–Crippen MR) is 83.4 cm³/mol. The Kier molecular flexibility index (Phi) is 5.01. The van der Waals surface area contributed by atoms with Crippen LogP contribution in [0.15, 0.2) is 24.3 Å². The molecular formula is C18H24N2O. The molecule has 0 radical (unpaired) electrons. The van der Waals surface area contributed by atoms with E-state index < -0.39 is 5.41 Å². The first-order chi connectivity index (χ1) is 10.2. The summed E-state index contributed by atoms with van der Waals surface area (Å²) >= 11 is 0. The van der Waals surface area contributed by atoms with Crippen LogP contribution in [0.4, 0.5) is 0 Å². The van der Waals surface area contributed by atoms with Gasteiger partial charge in [0.25, 0.3) is 0 Å². The van der Waals surface area contributed by atoms with E-state index in [1.807, 2.05) is 30.9 Å². The zero-order chi connectivity index (χ0) is 15.3. The van der Waals surface area contributed by atoms with Crippen LogP contribution in [0.2, 0.25) is 0 Å². The van der Waals surface area contributed by atoms with Gasteiger partial charge >= 0.3 is 0 Å². The molecule has 1 aliphatic rings. The van der Waals surface area contributed by atoms with Gasteiger partial charge in [0.2, 0.25) is 5.91 Å². The molecule has 0 N–H and O–H groups in total. The van der Waals surface area contributed by atoms with E-state index in [9.17, 15) is 10.1 Å². The van der Waals surface area contributed by atoms with Crippen molar-refractivity contribution in [2.45, 2.75) is 52.5 Å². The Morgan fingerprint density at radius 2 is 1.86 bits per heavy atom. The summed E-state index contributed by atoms with van der Waals surface area (Å²) < 4.78 is 0. The lowest BCUT2D eigenvalue weighted by molar-refractivity contribution is -0.140. The number of benzene rings is 1. The summed E-state index contributed by atoms with van der Waals surface area (Å²) in [6.07, 6.45) is 3.94. The Morgan fingerprint density at radius 1 is 1.24 bits per heavy atom. The molecule has 0 fully saturated rings. The fourth-order valence-electron chi connectivity index (χ4n) is 3.32. The maximum Gasteiger partial charge on any atom is 0.243 e. The predicted octanol–water partition coefficient (Wildman–Crippen LogP) is 3.68. The van der Waals surface area contributed by atoms with Crippen LogP contribution in [0.3, 0.4) is 0 Å². The molecule has 0 aromatic heterocycles. The Bertz CT molecular complexity index is 538. The number of hydrogen-bond acceptors (Lipinski definition) is 2.